The maximum Gasteiger partial charge on any atom is 0.333 e. The van der Waals surface area contributed by atoms with Crippen LogP contribution in [-0.4, -0.2) is 11.4 Å². The Labute approximate surface area is 354 Å². The van der Waals surface area contributed by atoms with Crippen LogP contribution in [-0.2, 0) is 16.2 Å². The predicted octanol–water partition coefficient (Wildman–Crippen LogP) is 13.7. The maximum atomic E-state index is 2.72. The van der Waals surface area contributed by atoms with Crippen molar-refractivity contribution in [2.75, 3.05) is 4.81 Å². The van der Waals surface area contributed by atoms with Crippen LogP contribution in [0.4, 0.5) is 11.4 Å². The average molecular weight is 773 g/mol. The second kappa shape index (κ2) is 11.9. The summed E-state index contributed by atoms with van der Waals surface area (Å²) in [5.41, 5.74) is 22.3. The van der Waals surface area contributed by atoms with E-state index in [1.54, 1.807) is 0 Å². The van der Waals surface area contributed by atoms with Gasteiger partial charge in [-0.25, -0.2) is 0 Å². The molecule has 0 N–H and O–H groups in total. The first-order chi connectivity index (χ1) is 28.8. The Morgan fingerprint density at radius 2 is 1.18 bits per heavy atom. The van der Waals surface area contributed by atoms with Crippen LogP contribution in [0.3, 0.4) is 0 Å². The van der Waals surface area contributed by atoms with Gasteiger partial charge in [-0.05, 0) is 126 Å². The van der Waals surface area contributed by atoms with Crippen LogP contribution >= 0.6 is 0 Å². The molecule has 0 atom stereocenters. The molecule has 3 aliphatic rings. The van der Waals surface area contributed by atoms with Gasteiger partial charge in [0.25, 0.3) is 0 Å². The van der Waals surface area contributed by atoms with E-state index in [9.17, 15) is 0 Å². The van der Waals surface area contributed by atoms with E-state index in [-0.39, 0.29) is 23.1 Å². The van der Waals surface area contributed by atoms with E-state index in [2.05, 4.69) is 216 Å². The molecule has 290 valence electrons. The molecule has 0 spiro atoms. The van der Waals surface area contributed by atoms with Crippen molar-refractivity contribution in [3.8, 4) is 39.1 Å². The lowest BCUT2D eigenvalue weighted by atomic mass is 9.43. The zero-order chi connectivity index (χ0) is 41.0. The highest BCUT2D eigenvalue weighted by molar-refractivity contribution is 6.94. The molecule has 1 aliphatic carbocycles. The molecule has 0 amide bonds. The number of hydrogen-bond acceptors (Lipinski definition) is 1. The van der Waals surface area contributed by atoms with Gasteiger partial charge in [-0.15, -0.1) is 0 Å². The van der Waals surface area contributed by atoms with E-state index in [1.165, 1.54) is 116 Å². The minimum absolute atomic E-state index is 0.0215. The normalized spacial score (nSPS) is 14.7. The minimum atomic E-state index is -0.137. The third-order valence-corrected chi connectivity index (χ3v) is 14.2. The van der Waals surface area contributed by atoms with Gasteiger partial charge in [0.2, 0.25) is 0 Å². The van der Waals surface area contributed by atoms with Crippen molar-refractivity contribution in [1.82, 2.24) is 4.57 Å². The van der Waals surface area contributed by atoms with Gasteiger partial charge in [-0.1, -0.05) is 159 Å². The Morgan fingerprint density at radius 1 is 0.500 bits per heavy atom. The summed E-state index contributed by atoms with van der Waals surface area (Å²) in [6, 6.07) is 58.3. The van der Waals surface area contributed by atoms with Gasteiger partial charge in [-0.2, -0.15) is 0 Å². The van der Waals surface area contributed by atoms with Gasteiger partial charge in [0.05, 0.1) is 16.7 Å². The van der Waals surface area contributed by atoms with Crippen LogP contribution in [0.25, 0.3) is 71.6 Å². The molecule has 2 aliphatic heterocycles. The predicted molar refractivity (Wildman–Crippen MR) is 258 cm³/mol. The molecule has 12 rings (SSSR count). The summed E-state index contributed by atoms with van der Waals surface area (Å²) in [5.74, 6) is 0. The molecule has 3 heteroatoms. The second-order valence-corrected chi connectivity index (χ2v) is 20.2. The van der Waals surface area contributed by atoms with Crippen molar-refractivity contribution in [3.05, 3.63) is 174 Å². The fraction of sp³-hybridized carbons (Fsp3) is 0.193. The van der Waals surface area contributed by atoms with Gasteiger partial charge in [0.1, 0.15) is 0 Å². The van der Waals surface area contributed by atoms with Crippen molar-refractivity contribution in [1.29, 1.82) is 0 Å². The molecule has 8 aromatic carbocycles. The maximum absolute atomic E-state index is 2.72. The standard InChI is InChI=1S/C57H49BN2/c1-55(2,3)37-24-27-50-43(29-37)46-30-38(56(4,5)6)31-49-53(46)59(50)54-40-19-13-12-18-36(40)28-45-44-32-42-41-20-14-15-21-47(41)57(7,8)48(42)33-51(44)60(58(49)52(45)54)39-25-22-35(23-26-39)34-16-10-9-11-17-34/h9-33H,1-8H3. The van der Waals surface area contributed by atoms with Crippen molar-refractivity contribution in [2.24, 2.45) is 0 Å². The van der Waals surface area contributed by atoms with Crippen LogP contribution in [0.2, 0.25) is 0 Å². The first kappa shape index (κ1) is 35.6. The summed E-state index contributed by atoms with van der Waals surface area (Å²) in [5, 5.41) is 5.24. The highest BCUT2D eigenvalue weighted by Gasteiger charge is 2.47. The largest absolute Gasteiger partial charge is 0.376 e. The number of aromatic nitrogens is 1. The van der Waals surface area contributed by atoms with Crippen molar-refractivity contribution >= 4 is 61.7 Å². The van der Waals surface area contributed by atoms with E-state index in [0.717, 1.165) is 0 Å². The van der Waals surface area contributed by atoms with Crippen molar-refractivity contribution in [3.63, 3.8) is 0 Å². The van der Waals surface area contributed by atoms with E-state index in [4.69, 9.17) is 0 Å². The van der Waals surface area contributed by atoms with Gasteiger partial charge in [0.15, 0.2) is 0 Å². The van der Waals surface area contributed by atoms with E-state index < -0.39 is 0 Å². The first-order valence-corrected chi connectivity index (χ1v) is 21.7. The van der Waals surface area contributed by atoms with Crippen molar-refractivity contribution in [2.45, 2.75) is 71.6 Å². The number of fused-ring (bicyclic) bond motifs is 12. The summed E-state index contributed by atoms with van der Waals surface area (Å²) >= 11 is 0. The number of nitrogens with zero attached hydrogens (tertiary/aromatic N) is 2. The molecular formula is C57H49BN2. The van der Waals surface area contributed by atoms with Crippen LogP contribution in [0.15, 0.2) is 152 Å². The third kappa shape index (κ3) is 4.78. The monoisotopic (exact) mass is 772 g/mol. The fourth-order valence-electron chi connectivity index (χ4n) is 11.1. The summed E-state index contributed by atoms with van der Waals surface area (Å²) in [4.78, 5) is 2.72. The lowest BCUT2D eigenvalue weighted by molar-refractivity contribution is 0.590. The minimum Gasteiger partial charge on any atom is -0.376 e. The molecule has 0 bridgehead atoms. The zero-order valence-corrected chi connectivity index (χ0v) is 35.9. The summed E-state index contributed by atoms with van der Waals surface area (Å²) in [7, 11) is 0. The molecule has 0 saturated heterocycles. The lowest BCUT2D eigenvalue weighted by Gasteiger charge is -2.43. The Kier molecular flexibility index (Phi) is 7.07. The van der Waals surface area contributed by atoms with Gasteiger partial charge in [0, 0.05) is 38.5 Å². The molecule has 9 aromatic rings. The van der Waals surface area contributed by atoms with Gasteiger partial charge >= 0.3 is 6.85 Å². The molecule has 60 heavy (non-hydrogen) atoms. The zero-order valence-electron chi connectivity index (χ0n) is 35.9. The number of anilines is 2. The number of hydrogen-bond donors (Lipinski definition) is 0. The SMILES string of the molecule is CC(C)(C)c1ccc2c(c1)c1cc(C(C)(C)C)cc3c1n2-c1c2c(cc4ccccc14)-c1cc4c(cc1N(c1ccc(-c5ccccc5)cc1)B23)C(C)(C)c1ccccc1-4. The smallest absolute Gasteiger partial charge is 0.333 e. The molecule has 0 fully saturated rings. The summed E-state index contributed by atoms with van der Waals surface area (Å²) in [6.07, 6.45) is 0. The van der Waals surface area contributed by atoms with Crippen LogP contribution in [0.1, 0.15) is 77.6 Å². The summed E-state index contributed by atoms with van der Waals surface area (Å²) in [6.45, 7) is 18.9. The molecule has 0 radical (unpaired) electrons. The molecule has 0 unspecified atom stereocenters. The lowest BCUT2D eigenvalue weighted by Crippen LogP contribution is -2.61. The third-order valence-electron chi connectivity index (χ3n) is 14.2. The van der Waals surface area contributed by atoms with Gasteiger partial charge < -0.3 is 9.38 Å². The Hall–Kier alpha value is -6.32. The quantitative estimate of drug-likeness (QED) is 0.159. The van der Waals surface area contributed by atoms with E-state index in [0.29, 0.717) is 0 Å². The Morgan fingerprint density at radius 3 is 1.95 bits per heavy atom. The Bertz CT molecular complexity index is 3300. The fourth-order valence-corrected chi connectivity index (χ4v) is 11.1. The van der Waals surface area contributed by atoms with Gasteiger partial charge in [-0.3, -0.25) is 0 Å². The number of benzene rings is 8. The molecular weight excluding hydrogens is 723 g/mol. The van der Waals surface area contributed by atoms with Crippen LogP contribution < -0.4 is 15.7 Å². The van der Waals surface area contributed by atoms with Crippen LogP contribution in [0, 0.1) is 0 Å². The second-order valence-electron chi connectivity index (χ2n) is 20.2. The number of rotatable bonds is 2. The first-order valence-electron chi connectivity index (χ1n) is 21.7. The Balaban J connectivity index is 1.26. The topological polar surface area (TPSA) is 8.17 Å². The van der Waals surface area contributed by atoms with Crippen molar-refractivity contribution < 1.29 is 0 Å². The van der Waals surface area contributed by atoms with E-state index >= 15 is 0 Å². The molecule has 0 saturated carbocycles. The molecule has 2 nitrogen and oxygen atoms in total. The van der Waals surface area contributed by atoms with E-state index in [1.807, 2.05) is 0 Å². The average Bonchev–Trinajstić information content (AvgIpc) is 3.69. The summed E-state index contributed by atoms with van der Waals surface area (Å²) < 4.78 is 2.66. The molecule has 3 heterocycles. The highest BCUT2D eigenvalue weighted by atomic mass is 15.1. The van der Waals surface area contributed by atoms with Crippen LogP contribution in [0.5, 0.6) is 0 Å². The highest BCUT2D eigenvalue weighted by Crippen LogP contribution is 2.55. The molecule has 1 aromatic heterocycles.